The van der Waals surface area contributed by atoms with Crippen LogP contribution in [0.15, 0.2) is 73.1 Å². The number of aryl methyl sites for hydroxylation is 1. The molecule has 0 spiro atoms. The minimum Gasteiger partial charge on any atom is -0.347 e. The molecule has 2 amide bonds. The maximum atomic E-state index is 13.4. The molecule has 0 radical (unpaired) electrons. The summed E-state index contributed by atoms with van der Waals surface area (Å²) in [6.07, 6.45) is 3.37. The smallest absolute Gasteiger partial charge is 0.268 e. The monoisotopic (exact) mass is 416 g/mol. The summed E-state index contributed by atoms with van der Waals surface area (Å²) < 4.78 is 15.3. The fraction of sp³-hybridized carbons (Fsp3) is 0.125. The minimum atomic E-state index is -0.467. The molecule has 7 heteroatoms. The molecule has 4 aromatic rings. The van der Waals surface area contributed by atoms with E-state index in [4.69, 9.17) is 0 Å². The number of fused-ring (bicyclic) bond motifs is 1. The van der Waals surface area contributed by atoms with Gasteiger partial charge < -0.3 is 15.2 Å². The Morgan fingerprint density at radius 2 is 1.81 bits per heavy atom. The van der Waals surface area contributed by atoms with Crippen LogP contribution in [0.2, 0.25) is 0 Å². The molecule has 2 aromatic carbocycles. The lowest BCUT2D eigenvalue weighted by Crippen LogP contribution is -2.25. The fourth-order valence-electron chi connectivity index (χ4n) is 3.48. The number of aromatic nitrogens is 2. The lowest BCUT2D eigenvalue weighted by molar-refractivity contribution is 0.0941. The summed E-state index contributed by atoms with van der Waals surface area (Å²) >= 11 is 0. The molecule has 0 saturated carbocycles. The number of halogens is 1. The van der Waals surface area contributed by atoms with E-state index in [1.54, 1.807) is 36.7 Å². The van der Waals surface area contributed by atoms with Crippen molar-refractivity contribution >= 4 is 28.4 Å². The largest absolute Gasteiger partial charge is 0.347 e. The summed E-state index contributed by atoms with van der Waals surface area (Å²) in [5, 5.41) is 6.54. The van der Waals surface area contributed by atoms with E-state index in [9.17, 15) is 14.0 Å². The van der Waals surface area contributed by atoms with Crippen LogP contribution in [0.4, 0.5) is 10.1 Å². The highest BCUT2D eigenvalue weighted by atomic mass is 19.1. The van der Waals surface area contributed by atoms with Crippen molar-refractivity contribution < 1.29 is 14.0 Å². The summed E-state index contributed by atoms with van der Waals surface area (Å²) in [6.45, 7) is 3.00. The second kappa shape index (κ2) is 8.79. The lowest BCUT2D eigenvalue weighted by Gasteiger charge is -2.09. The van der Waals surface area contributed by atoms with E-state index in [2.05, 4.69) is 15.6 Å². The SMILES string of the molecule is CCn1c(C(=O)NCc2ccncc2)cc2cc(NC(=O)c3cccc(F)c3)ccc21. The van der Waals surface area contributed by atoms with Gasteiger partial charge in [-0.15, -0.1) is 0 Å². The number of benzene rings is 2. The fourth-order valence-corrected chi connectivity index (χ4v) is 3.48. The van der Waals surface area contributed by atoms with Gasteiger partial charge in [-0.25, -0.2) is 4.39 Å². The van der Waals surface area contributed by atoms with E-state index in [0.29, 0.717) is 24.5 Å². The second-order valence-corrected chi connectivity index (χ2v) is 7.05. The molecule has 6 nitrogen and oxygen atoms in total. The van der Waals surface area contributed by atoms with Crippen LogP contribution in [0.5, 0.6) is 0 Å². The molecule has 0 aliphatic heterocycles. The van der Waals surface area contributed by atoms with Gasteiger partial charge in [0.25, 0.3) is 11.8 Å². The molecule has 2 N–H and O–H groups in total. The highest BCUT2D eigenvalue weighted by Gasteiger charge is 2.15. The first kappa shape index (κ1) is 20.3. The van der Waals surface area contributed by atoms with Crippen molar-refractivity contribution in [2.24, 2.45) is 0 Å². The third-order valence-corrected chi connectivity index (χ3v) is 5.00. The molecule has 156 valence electrons. The Balaban J connectivity index is 1.55. The van der Waals surface area contributed by atoms with Crippen LogP contribution < -0.4 is 10.6 Å². The molecule has 2 heterocycles. The Hall–Kier alpha value is -4.00. The van der Waals surface area contributed by atoms with Crippen molar-refractivity contribution in [3.05, 3.63) is 95.7 Å². The summed E-state index contributed by atoms with van der Waals surface area (Å²) in [5.74, 6) is -1.05. The van der Waals surface area contributed by atoms with Gasteiger partial charge in [0.2, 0.25) is 0 Å². The van der Waals surface area contributed by atoms with Gasteiger partial charge in [-0.1, -0.05) is 6.07 Å². The Bertz CT molecular complexity index is 1250. The Kier molecular flexibility index (Phi) is 5.75. The van der Waals surface area contributed by atoms with Crippen LogP contribution in [0.1, 0.15) is 33.3 Å². The van der Waals surface area contributed by atoms with Crippen LogP contribution in [0.25, 0.3) is 10.9 Å². The zero-order valence-electron chi connectivity index (χ0n) is 16.9. The van der Waals surface area contributed by atoms with E-state index < -0.39 is 11.7 Å². The topological polar surface area (TPSA) is 76.0 Å². The molecule has 0 bridgehead atoms. The van der Waals surface area contributed by atoms with Crippen molar-refractivity contribution in [2.45, 2.75) is 20.0 Å². The van der Waals surface area contributed by atoms with Crippen molar-refractivity contribution in [2.75, 3.05) is 5.32 Å². The third-order valence-electron chi connectivity index (χ3n) is 5.00. The maximum absolute atomic E-state index is 13.4. The van der Waals surface area contributed by atoms with Crippen LogP contribution >= 0.6 is 0 Å². The zero-order chi connectivity index (χ0) is 21.8. The standard InChI is InChI=1S/C24H21FN4O2/c1-2-29-21-7-6-20(28-23(30)17-4-3-5-19(25)12-17)13-18(21)14-22(29)24(31)27-15-16-8-10-26-11-9-16/h3-14H,2,15H2,1H3,(H,27,31)(H,28,30). The van der Waals surface area contributed by atoms with Crippen molar-refractivity contribution in [3.8, 4) is 0 Å². The number of rotatable bonds is 6. The average Bonchev–Trinajstić information content (AvgIpc) is 3.16. The van der Waals surface area contributed by atoms with Gasteiger partial charge in [-0.3, -0.25) is 14.6 Å². The molecule has 2 aromatic heterocycles. The van der Waals surface area contributed by atoms with Crippen LogP contribution in [-0.2, 0) is 13.1 Å². The van der Waals surface area contributed by atoms with Crippen LogP contribution in [0.3, 0.4) is 0 Å². The molecule has 0 atom stereocenters. The first-order valence-electron chi connectivity index (χ1n) is 9.92. The molecule has 0 fully saturated rings. The van der Waals surface area contributed by atoms with Gasteiger partial charge in [-0.05, 0) is 67.1 Å². The van der Waals surface area contributed by atoms with Crippen molar-refractivity contribution in [1.82, 2.24) is 14.9 Å². The van der Waals surface area contributed by atoms with Gasteiger partial charge in [0, 0.05) is 47.6 Å². The van der Waals surface area contributed by atoms with Crippen molar-refractivity contribution in [1.29, 1.82) is 0 Å². The molecule has 0 aliphatic rings. The highest BCUT2D eigenvalue weighted by Crippen LogP contribution is 2.24. The van der Waals surface area contributed by atoms with Gasteiger partial charge in [0.15, 0.2) is 0 Å². The van der Waals surface area contributed by atoms with E-state index in [1.807, 2.05) is 29.7 Å². The first-order chi connectivity index (χ1) is 15.0. The van der Waals surface area contributed by atoms with Gasteiger partial charge in [-0.2, -0.15) is 0 Å². The lowest BCUT2D eigenvalue weighted by atomic mass is 10.2. The average molecular weight is 416 g/mol. The quantitative estimate of drug-likeness (QED) is 0.490. The number of nitrogens with zero attached hydrogens (tertiary/aromatic N) is 2. The summed E-state index contributed by atoms with van der Waals surface area (Å²) in [7, 11) is 0. The molecular formula is C24H21FN4O2. The van der Waals surface area contributed by atoms with Crippen LogP contribution in [0, 0.1) is 5.82 Å². The number of nitrogens with one attached hydrogen (secondary N) is 2. The first-order valence-corrected chi connectivity index (χ1v) is 9.92. The Morgan fingerprint density at radius 3 is 2.55 bits per heavy atom. The predicted molar refractivity (Wildman–Crippen MR) is 117 cm³/mol. The minimum absolute atomic E-state index is 0.180. The third kappa shape index (κ3) is 4.45. The second-order valence-electron chi connectivity index (χ2n) is 7.05. The van der Waals surface area contributed by atoms with Gasteiger partial charge in [0.05, 0.1) is 0 Å². The molecule has 4 rings (SSSR count). The number of carbonyl (C=O) groups is 2. The summed E-state index contributed by atoms with van der Waals surface area (Å²) in [6, 6.07) is 16.5. The summed E-state index contributed by atoms with van der Waals surface area (Å²) in [5.41, 5.74) is 3.20. The number of pyridine rings is 1. The molecule has 0 unspecified atom stereocenters. The highest BCUT2D eigenvalue weighted by molar-refractivity contribution is 6.06. The maximum Gasteiger partial charge on any atom is 0.268 e. The molecule has 0 saturated heterocycles. The molecule has 31 heavy (non-hydrogen) atoms. The number of hydrogen-bond acceptors (Lipinski definition) is 3. The van der Waals surface area contributed by atoms with E-state index >= 15 is 0 Å². The van der Waals surface area contributed by atoms with Crippen LogP contribution in [-0.4, -0.2) is 21.4 Å². The Morgan fingerprint density at radius 1 is 1.00 bits per heavy atom. The predicted octanol–water partition coefficient (Wildman–Crippen LogP) is 4.38. The van der Waals surface area contributed by atoms with Gasteiger partial charge in [0.1, 0.15) is 11.5 Å². The van der Waals surface area contributed by atoms with E-state index in [0.717, 1.165) is 16.5 Å². The Labute approximate surface area is 178 Å². The van der Waals surface area contributed by atoms with E-state index in [1.165, 1.54) is 18.2 Å². The van der Waals surface area contributed by atoms with E-state index in [-0.39, 0.29) is 11.5 Å². The summed E-state index contributed by atoms with van der Waals surface area (Å²) in [4.78, 5) is 29.2. The van der Waals surface area contributed by atoms with Gasteiger partial charge >= 0.3 is 0 Å². The number of hydrogen-bond donors (Lipinski definition) is 2. The normalized spacial score (nSPS) is 10.8. The molecular weight excluding hydrogens is 395 g/mol. The van der Waals surface area contributed by atoms with Crippen molar-refractivity contribution in [3.63, 3.8) is 0 Å². The number of amides is 2. The zero-order valence-corrected chi connectivity index (χ0v) is 16.9. The number of carbonyl (C=O) groups excluding carboxylic acids is 2. The molecule has 0 aliphatic carbocycles. The number of anilines is 1.